The molecule has 0 aliphatic carbocycles. The molecule has 0 aliphatic rings. The molecule has 0 radical (unpaired) electrons. The lowest BCUT2D eigenvalue weighted by molar-refractivity contribution is 0.0697. The van der Waals surface area contributed by atoms with Crippen LogP contribution >= 0.6 is 0 Å². The average molecular weight is 309 g/mol. The SMILES string of the molecule is CCC#C/C=C\N(C)c1ccc(OC)c2cc(C(=O)O)ccc12. The average Bonchev–Trinajstić information content (AvgIpc) is 2.56. The Bertz CT molecular complexity index is 812. The number of rotatable bonds is 4. The fraction of sp³-hybridized carbons (Fsp3) is 0.211. The van der Waals surface area contributed by atoms with E-state index in [4.69, 9.17) is 4.74 Å². The molecule has 0 atom stereocenters. The quantitative estimate of drug-likeness (QED) is 0.870. The van der Waals surface area contributed by atoms with Gasteiger partial charge in [-0.15, -0.1) is 0 Å². The maximum atomic E-state index is 11.2. The molecule has 0 saturated carbocycles. The van der Waals surface area contributed by atoms with E-state index in [0.717, 1.165) is 22.9 Å². The Labute approximate surface area is 136 Å². The van der Waals surface area contributed by atoms with E-state index >= 15 is 0 Å². The van der Waals surface area contributed by atoms with Crippen molar-refractivity contribution < 1.29 is 14.6 Å². The van der Waals surface area contributed by atoms with Crippen LogP contribution in [0.1, 0.15) is 23.7 Å². The molecule has 2 aromatic carbocycles. The van der Waals surface area contributed by atoms with Crippen LogP contribution in [0.3, 0.4) is 0 Å². The Balaban J connectivity index is 2.53. The molecule has 0 spiro atoms. The van der Waals surface area contributed by atoms with Crippen molar-refractivity contribution >= 4 is 22.4 Å². The minimum atomic E-state index is -0.956. The molecule has 1 N–H and O–H groups in total. The van der Waals surface area contributed by atoms with E-state index in [1.165, 1.54) is 0 Å². The van der Waals surface area contributed by atoms with Crippen LogP contribution in [0.4, 0.5) is 5.69 Å². The summed E-state index contributed by atoms with van der Waals surface area (Å²) in [6.45, 7) is 2.00. The molecule has 0 saturated heterocycles. The van der Waals surface area contributed by atoms with Crippen LogP contribution in [0, 0.1) is 11.8 Å². The Morgan fingerprint density at radius 3 is 2.74 bits per heavy atom. The molecule has 0 heterocycles. The molecule has 4 heteroatoms. The van der Waals surface area contributed by atoms with Gasteiger partial charge in [0.05, 0.1) is 12.7 Å². The topological polar surface area (TPSA) is 49.8 Å². The second-order valence-corrected chi connectivity index (χ2v) is 4.95. The number of benzene rings is 2. The van der Waals surface area contributed by atoms with E-state index < -0.39 is 5.97 Å². The number of hydrogen-bond donors (Lipinski definition) is 1. The molecule has 2 rings (SSSR count). The molecular weight excluding hydrogens is 290 g/mol. The molecule has 23 heavy (non-hydrogen) atoms. The van der Waals surface area contributed by atoms with Crippen molar-refractivity contribution in [3.63, 3.8) is 0 Å². The smallest absolute Gasteiger partial charge is 0.335 e. The van der Waals surface area contributed by atoms with E-state index in [0.29, 0.717) is 5.75 Å². The number of carboxylic acid groups (broad SMARTS) is 1. The van der Waals surface area contributed by atoms with Crippen LogP contribution in [0.2, 0.25) is 0 Å². The Hall–Kier alpha value is -2.93. The Morgan fingerprint density at radius 2 is 2.09 bits per heavy atom. The number of nitrogens with zero attached hydrogens (tertiary/aromatic N) is 1. The zero-order valence-electron chi connectivity index (χ0n) is 13.5. The van der Waals surface area contributed by atoms with Crippen molar-refractivity contribution in [2.24, 2.45) is 0 Å². The number of aromatic carboxylic acids is 1. The highest BCUT2D eigenvalue weighted by molar-refractivity contribution is 6.02. The van der Waals surface area contributed by atoms with Crippen LogP contribution in [-0.2, 0) is 0 Å². The summed E-state index contributed by atoms with van der Waals surface area (Å²) < 4.78 is 5.36. The number of methoxy groups -OCH3 is 1. The minimum absolute atomic E-state index is 0.236. The monoisotopic (exact) mass is 309 g/mol. The second-order valence-electron chi connectivity index (χ2n) is 4.95. The molecule has 0 amide bonds. The van der Waals surface area contributed by atoms with Gasteiger partial charge >= 0.3 is 5.97 Å². The lowest BCUT2D eigenvalue weighted by Gasteiger charge is -2.18. The van der Waals surface area contributed by atoms with Gasteiger partial charge in [-0.05, 0) is 24.3 Å². The molecule has 0 aromatic heterocycles. The van der Waals surface area contributed by atoms with E-state index in [1.54, 1.807) is 31.4 Å². The van der Waals surface area contributed by atoms with Crippen molar-refractivity contribution in [1.82, 2.24) is 0 Å². The third-order valence-corrected chi connectivity index (χ3v) is 3.46. The van der Waals surface area contributed by atoms with Gasteiger partial charge in [-0.1, -0.05) is 24.8 Å². The highest BCUT2D eigenvalue weighted by atomic mass is 16.5. The van der Waals surface area contributed by atoms with Gasteiger partial charge in [-0.2, -0.15) is 0 Å². The van der Waals surface area contributed by atoms with Gasteiger partial charge in [0, 0.05) is 42.2 Å². The minimum Gasteiger partial charge on any atom is -0.496 e. The standard InChI is InChI=1S/C19H19NO3/c1-4-5-6-7-12-20(2)17-10-11-18(23-3)16-13-14(19(21)22)8-9-15(16)17/h7-13H,4H2,1-3H3,(H,21,22)/b12-7-. The first kappa shape index (κ1) is 16.4. The summed E-state index contributed by atoms with van der Waals surface area (Å²) in [4.78, 5) is 13.1. The number of allylic oxidation sites excluding steroid dienone is 1. The first-order chi connectivity index (χ1) is 11.1. The predicted molar refractivity (Wildman–Crippen MR) is 93.1 cm³/mol. The summed E-state index contributed by atoms with van der Waals surface area (Å²) in [5, 5.41) is 10.9. The lowest BCUT2D eigenvalue weighted by atomic mass is 10.0. The van der Waals surface area contributed by atoms with Gasteiger partial charge in [0.25, 0.3) is 0 Å². The molecule has 0 bridgehead atoms. The van der Waals surface area contributed by atoms with Crippen LogP contribution in [0.15, 0.2) is 42.6 Å². The summed E-state index contributed by atoms with van der Waals surface area (Å²) >= 11 is 0. The highest BCUT2D eigenvalue weighted by Gasteiger charge is 2.11. The van der Waals surface area contributed by atoms with Gasteiger partial charge in [0.2, 0.25) is 0 Å². The van der Waals surface area contributed by atoms with Gasteiger partial charge in [-0.25, -0.2) is 4.79 Å². The fourth-order valence-corrected chi connectivity index (χ4v) is 2.31. The zero-order chi connectivity index (χ0) is 16.8. The maximum Gasteiger partial charge on any atom is 0.335 e. The van der Waals surface area contributed by atoms with Crippen LogP contribution in [0.25, 0.3) is 10.8 Å². The van der Waals surface area contributed by atoms with E-state index in [2.05, 4.69) is 11.8 Å². The number of anilines is 1. The largest absolute Gasteiger partial charge is 0.496 e. The van der Waals surface area contributed by atoms with Gasteiger partial charge in [-0.3, -0.25) is 0 Å². The molecule has 118 valence electrons. The molecule has 4 nitrogen and oxygen atoms in total. The normalized spacial score (nSPS) is 10.4. The van der Waals surface area contributed by atoms with E-state index in [1.807, 2.05) is 37.2 Å². The molecule has 2 aromatic rings. The van der Waals surface area contributed by atoms with Crippen molar-refractivity contribution in [3.8, 4) is 17.6 Å². The molecule has 0 fully saturated rings. The predicted octanol–water partition coefficient (Wildman–Crippen LogP) is 3.91. The lowest BCUT2D eigenvalue weighted by Crippen LogP contribution is -2.08. The maximum absolute atomic E-state index is 11.2. The molecule has 0 unspecified atom stereocenters. The number of fused-ring (bicyclic) bond motifs is 1. The first-order valence-electron chi connectivity index (χ1n) is 7.30. The number of hydrogen-bond acceptors (Lipinski definition) is 3. The van der Waals surface area contributed by atoms with Crippen LogP contribution < -0.4 is 9.64 Å². The molecule has 0 aliphatic heterocycles. The second kappa shape index (κ2) is 7.37. The fourth-order valence-electron chi connectivity index (χ4n) is 2.31. The van der Waals surface area contributed by atoms with Gasteiger partial charge < -0.3 is 14.7 Å². The van der Waals surface area contributed by atoms with Crippen molar-refractivity contribution in [2.45, 2.75) is 13.3 Å². The van der Waals surface area contributed by atoms with E-state index in [9.17, 15) is 9.90 Å². The van der Waals surface area contributed by atoms with Crippen molar-refractivity contribution in [3.05, 3.63) is 48.2 Å². The summed E-state index contributed by atoms with van der Waals surface area (Å²) in [5.74, 6) is 5.63. The number of ether oxygens (including phenoxy) is 1. The third-order valence-electron chi connectivity index (χ3n) is 3.46. The summed E-state index contributed by atoms with van der Waals surface area (Å²) in [7, 11) is 3.50. The Kier molecular flexibility index (Phi) is 5.27. The number of carbonyl (C=O) groups is 1. The van der Waals surface area contributed by atoms with E-state index in [-0.39, 0.29) is 5.56 Å². The summed E-state index contributed by atoms with van der Waals surface area (Å²) in [5.41, 5.74) is 1.19. The van der Waals surface area contributed by atoms with Crippen molar-refractivity contribution in [2.75, 3.05) is 19.1 Å². The zero-order valence-corrected chi connectivity index (χ0v) is 13.5. The van der Waals surface area contributed by atoms with Crippen LogP contribution in [-0.4, -0.2) is 25.2 Å². The van der Waals surface area contributed by atoms with Gasteiger partial charge in [0.15, 0.2) is 0 Å². The van der Waals surface area contributed by atoms with Crippen LogP contribution in [0.5, 0.6) is 5.75 Å². The first-order valence-corrected chi connectivity index (χ1v) is 7.30. The number of carboxylic acids is 1. The molecular formula is C19H19NO3. The summed E-state index contributed by atoms with van der Waals surface area (Å²) in [6, 6.07) is 8.82. The Morgan fingerprint density at radius 1 is 1.30 bits per heavy atom. The van der Waals surface area contributed by atoms with Gasteiger partial charge in [0.1, 0.15) is 5.75 Å². The summed E-state index contributed by atoms with van der Waals surface area (Å²) in [6.07, 6.45) is 4.50. The van der Waals surface area contributed by atoms with Crippen molar-refractivity contribution in [1.29, 1.82) is 0 Å². The third kappa shape index (κ3) is 3.64. The highest BCUT2D eigenvalue weighted by Crippen LogP contribution is 2.34.